The number of anilines is 1. The second kappa shape index (κ2) is 7.18. The second-order valence-electron chi connectivity index (χ2n) is 6.09. The van der Waals surface area contributed by atoms with Gasteiger partial charge in [0.05, 0.1) is 6.54 Å². The number of aryl methyl sites for hydroxylation is 1. The highest BCUT2D eigenvalue weighted by atomic mass is 79.9. The highest BCUT2D eigenvalue weighted by Gasteiger charge is 2.31. The predicted octanol–water partition coefficient (Wildman–Crippen LogP) is 3.71. The molecule has 0 spiro atoms. The molecular formula is C19H19BrN2O2. The largest absolute Gasteiger partial charge is 0.333 e. The van der Waals surface area contributed by atoms with E-state index >= 15 is 0 Å². The Morgan fingerprint density at radius 2 is 2.00 bits per heavy atom. The van der Waals surface area contributed by atoms with Crippen molar-refractivity contribution in [1.82, 2.24) is 4.90 Å². The molecule has 1 aliphatic rings. The third-order valence-electron chi connectivity index (χ3n) is 4.28. The number of likely N-dealkylation sites (tertiary alicyclic amines) is 1. The molecule has 1 N–H and O–H groups in total. The number of carbonyl (C=O) groups is 2. The van der Waals surface area contributed by atoms with Crippen LogP contribution in [-0.2, 0) is 9.59 Å². The van der Waals surface area contributed by atoms with Gasteiger partial charge in [-0.15, -0.1) is 0 Å². The van der Waals surface area contributed by atoms with Crippen molar-refractivity contribution in [3.05, 3.63) is 64.1 Å². The Balaban J connectivity index is 1.61. The lowest BCUT2D eigenvalue weighted by atomic mass is 9.99. The van der Waals surface area contributed by atoms with Crippen LogP contribution >= 0.6 is 15.9 Å². The van der Waals surface area contributed by atoms with E-state index < -0.39 is 0 Å². The van der Waals surface area contributed by atoms with Gasteiger partial charge in [0, 0.05) is 29.0 Å². The summed E-state index contributed by atoms with van der Waals surface area (Å²) in [5.41, 5.74) is 2.90. The third kappa shape index (κ3) is 3.85. The van der Waals surface area contributed by atoms with Crippen molar-refractivity contribution < 1.29 is 9.59 Å². The molecule has 124 valence electrons. The van der Waals surface area contributed by atoms with Crippen LogP contribution in [0.15, 0.2) is 53.0 Å². The van der Waals surface area contributed by atoms with Crippen LogP contribution in [0.4, 0.5) is 5.69 Å². The summed E-state index contributed by atoms with van der Waals surface area (Å²) >= 11 is 3.40. The first kappa shape index (κ1) is 16.7. The fraction of sp³-hybridized carbons (Fsp3) is 0.263. The van der Waals surface area contributed by atoms with E-state index in [-0.39, 0.29) is 24.3 Å². The summed E-state index contributed by atoms with van der Waals surface area (Å²) in [6.45, 7) is 2.63. The average Bonchev–Trinajstić information content (AvgIpc) is 2.92. The van der Waals surface area contributed by atoms with Crippen molar-refractivity contribution in [3.8, 4) is 0 Å². The first-order valence-corrected chi connectivity index (χ1v) is 8.71. The fourth-order valence-corrected chi connectivity index (χ4v) is 3.48. The van der Waals surface area contributed by atoms with Crippen LogP contribution in [0.25, 0.3) is 0 Å². The number of carbonyl (C=O) groups excluding carboxylic acids is 2. The molecule has 0 saturated carbocycles. The zero-order chi connectivity index (χ0) is 17.1. The maximum atomic E-state index is 12.3. The van der Waals surface area contributed by atoms with Gasteiger partial charge in [0.15, 0.2) is 0 Å². The summed E-state index contributed by atoms with van der Waals surface area (Å²) in [6.07, 6.45) is 0.467. The Labute approximate surface area is 150 Å². The molecular weight excluding hydrogens is 368 g/mol. The van der Waals surface area contributed by atoms with Gasteiger partial charge in [-0.25, -0.2) is 0 Å². The molecule has 1 fully saturated rings. The molecule has 2 aromatic rings. The minimum absolute atomic E-state index is 0.0338. The summed E-state index contributed by atoms with van der Waals surface area (Å²) < 4.78 is 0.971. The van der Waals surface area contributed by atoms with Crippen molar-refractivity contribution in [2.24, 2.45) is 0 Å². The van der Waals surface area contributed by atoms with E-state index in [1.165, 1.54) is 0 Å². The van der Waals surface area contributed by atoms with Crippen molar-refractivity contribution in [2.75, 3.05) is 18.4 Å². The number of nitrogens with zero attached hydrogens (tertiary/aromatic N) is 1. The summed E-state index contributed by atoms with van der Waals surface area (Å²) in [7, 11) is 0. The fourth-order valence-electron chi connectivity index (χ4n) is 3.00. The minimum atomic E-state index is -0.164. The molecule has 24 heavy (non-hydrogen) atoms. The Hall–Kier alpha value is -2.14. The summed E-state index contributed by atoms with van der Waals surface area (Å²) in [5, 5.41) is 2.89. The number of amides is 2. The molecule has 1 heterocycles. The standard InChI is InChI=1S/C19H19BrN2O2/c1-13-9-16(20)7-8-17(13)21-18(23)12-22-11-15(10-19(22)24)14-5-3-2-4-6-14/h2-9,15H,10-12H2,1H3,(H,21,23). The lowest BCUT2D eigenvalue weighted by molar-refractivity contribution is -0.131. The monoisotopic (exact) mass is 386 g/mol. The van der Waals surface area contributed by atoms with E-state index in [9.17, 15) is 9.59 Å². The first-order valence-electron chi connectivity index (χ1n) is 7.91. The second-order valence-corrected chi connectivity index (χ2v) is 7.01. The molecule has 2 aromatic carbocycles. The van der Waals surface area contributed by atoms with Crippen LogP contribution in [0.5, 0.6) is 0 Å². The van der Waals surface area contributed by atoms with Crippen molar-refractivity contribution in [3.63, 3.8) is 0 Å². The van der Waals surface area contributed by atoms with Crippen molar-refractivity contribution >= 4 is 33.4 Å². The van der Waals surface area contributed by atoms with Gasteiger partial charge in [0.25, 0.3) is 0 Å². The summed E-state index contributed by atoms with van der Waals surface area (Å²) in [4.78, 5) is 26.1. The Morgan fingerprint density at radius 1 is 1.25 bits per heavy atom. The zero-order valence-electron chi connectivity index (χ0n) is 13.5. The number of hydrogen-bond acceptors (Lipinski definition) is 2. The average molecular weight is 387 g/mol. The summed E-state index contributed by atoms with van der Waals surface area (Å²) in [5.74, 6) is 0.0370. The Morgan fingerprint density at radius 3 is 2.71 bits per heavy atom. The lowest BCUT2D eigenvalue weighted by Crippen LogP contribution is -2.34. The first-order chi connectivity index (χ1) is 11.5. The number of nitrogens with one attached hydrogen (secondary N) is 1. The molecule has 0 aliphatic carbocycles. The molecule has 0 bridgehead atoms. The van der Waals surface area contributed by atoms with Crippen LogP contribution in [-0.4, -0.2) is 29.8 Å². The molecule has 3 rings (SSSR count). The SMILES string of the molecule is Cc1cc(Br)ccc1NC(=O)CN1CC(c2ccccc2)CC1=O. The number of benzene rings is 2. The van der Waals surface area contributed by atoms with Crippen LogP contribution in [0, 0.1) is 6.92 Å². The van der Waals surface area contributed by atoms with Crippen molar-refractivity contribution in [1.29, 1.82) is 0 Å². The molecule has 4 nitrogen and oxygen atoms in total. The topological polar surface area (TPSA) is 49.4 Å². The van der Waals surface area contributed by atoms with Gasteiger partial charge in [-0.1, -0.05) is 46.3 Å². The molecule has 1 aliphatic heterocycles. The van der Waals surface area contributed by atoms with Crippen LogP contribution in [0.2, 0.25) is 0 Å². The summed E-state index contributed by atoms with van der Waals surface area (Å²) in [6, 6.07) is 15.7. The van der Waals surface area contributed by atoms with E-state index in [0.717, 1.165) is 21.3 Å². The molecule has 1 atom stereocenters. The smallest absolute Gasteiger partial charge is 0.244 e. The van der Waals surface area contributed by atoms with Gasteiger partial charge in [-0.2, -0.15) is 0 Å². The van der Waals surface area contributed by atoms with Gasteiger partial charge in [0.2, 0.25) is 11.8 Å². The molecule has 0 aromatic heterocycles. The van der Waals surface area contributed by atoms with E-state index in [1.807, 2.05) is 55.5 Å². The number of rotatable bonds is 4. The van der Waals surface area contributed by atoms with Crippen LogP contribution in [0.3, 0.4) is 0 Å². The highest BCUT2D eigenvalue weighted by Crippen LogP contribution is 2.28. The van der Waals surface area contributed by atoms with E-state index in [4.69, 9.17) is 0 Å². The Bertz CT molecular complexity index is 761. The van der Waals surface area contributed by atoms with Crippen LogP contribution in [0.1, 0.15) is 23.5 Å². The van der Waals surface area contributed by atoms with E-state index in [0.29, 0.717) is 13.0 Å². The van der Waals surface area contributed by atoms with Crippen LogP contribution < -0.4 is 5.32 Å². The number of halogens is 1. The van der Waals surface area contributed by atoms with Gasteiger partial charge in [0.1, 0.15) is 0 Å². The van der Waals surface area contributed by atoms with Crippen molar-refractivity contribution in [2.45, 2.75) is 19.3 Å². The molecule has 1 saturated heterocycles. The lowest BCUT2D eigenvalue weighted by Gasteiger charge is -2.17. The molecule has 5 heteroatoms. The normalized spacial score (nSPS) is 17.2. The maximum Gasteiger partial charge on any atom is 0.244 e. The maximum absolute atomic E-state index is 12.3. The molecule has 2 amide bonds. The molecule has 0 radical (unpaired) electrons. The van der Waals surface area contributed by atoms with E-state index in [1.54, 1.807) is 4.90 Å². The van der Waals surface area contributed by atoms with Gasteiger partial charge >= 0.3 is 0 Å². The highest BCUT2D eigenvalue weighted by molar-refractivity contribution is 9.10. The predicted molar refractivity (Wildman–Crippen MR) is 97.9 cm³/mol. The van der Waals surface area contributed by atoms with Gasteiger partial charge < -0.3 is 10.2 Å². The zero-order valence-corrected chi connectivity index (χ0v) is 15.0. The third-order valence-corrected chi connectivity index (χ3v) is 4.78. The van der Waals surface area contributed by atoms with E-state index in [2.05, 4.69) is 21.2 Å². The Kier molecular flexibility index (Phi) is 5.00. The van der Waals surface area contributed by atoms with Gasteiger partial charge in [-0.05, 0) is 36.2 Å². The quantitative estimate of drug-likeness (QED) is 0.870. The number of hydrogen-bond donors (Lipinski definition) is 1. The van der Waals surface area contributed by atoms with Gasteiger partial charge in [-0.3, -0.25) is 9.59 Å². The minimum Gasteiger partial charge on any atom is -0.333 e. The molecule has 1 unspecified atom stereocenters.